The van der Waals surface area contributed by atoms with Crippen molar-refractivity contribution >= 4 is 25.8 Å². The van der Waals surface area contributed by atoms with Gasteiger partial charge in [-0.15, -0.1) is 0 Å². The summed E-state index contributed by atoms with van der Waals surface area (Å²) in [6.07, 6.45) is 1.59. The van der Waals surface area contributed by atoms with Gasteiger partial charge in [-0.25, -0.2) is 16.8 Å². The van der Waals surface area contributed by atoms with Gasteiger partial charge in [-0.3, -0.25) is 4.79 Å². The summed E-state index contributed by atoms with van der Waals surface area (Å²) >= 11 is 0. The Bertz CT molecular complexity index is 967. The molecule has 9 heteroatoms. The summed E-state index contributed by atoms with van der Waals surface area (Å²) in [5.41, 5.74) is -0.979. The summed E-state index contributed by atoms with van der Waals surface area (Å²) < 4.78 is 55.9. The standard InChI is InChI=1S/C17H23NO6S2/c1-16(2)10-17(15(19)24-3)11-18(9-14(16)17)26(22,23)13-7-5-6-12(8-13)25(4,20)21/h5-8,14H,9-11H2,1-4H3/t14-,17+/m1/s1. The minimum absolute atomic E-state index is 0.0521. The van der Waals surface area contributed by atoms with E-state index in [0.29, 0.717) is 6.42 Å². The van der Waals surface area contributed by atoms with E-state index in [2.05, 4.69) is 0 Å². The van der Waals surface area contributed by atoms with Gasteiger partial charge in [0.05, 0.1) is 22.3 Å². The van der Waals surface area contributed by atoms with Crippen molar-refractivity contribution in [3.63, 3.8) is 0 Å². The van der Waals surface area contributed by atoms with E-state index in [1.54, 1.807) is 0 Å². The predicted octanol–water partition coefficient (Wildman–Crippen LogP) is 1.30. The first-order valence-electron chi connectivity index (χ1n) is 8.23. The highest BCUT2D eigenvalue weighted by Gasteiger charge is 2.68. The molecule has 0 unspecified atom stereocenters. The van der Waals surface area contributed by atoms with Gasteiger partial charge < -0.3 is 4.74 Å². The zero-order valence-corrected chi connectivity index (χ0v) is 16.9. The molecule has 1 aromatic carbocycles. The quantitative estimate of drug-likeness (QED) is 0.706. The highest BCUT2D eigenvalue weighted by molar-refractivity contribution is 7.91. The molecule has 1 aromatic rings. The molecule has 26 heavy (non-hydrogen) atoms. The van der Waals surface area contributed by atoms with Crippen molar-refractivity contribution in [1.82, 2.24) is 4.31 Å². The fourth-order valence-electron chi connectivity index (χ4n) is 4.53. The average molecular weight is 402 g/mol. The summed E-state index contributed by atoms with van der Waals surface area (Å²) in [4.78, 5) is 12.2. The number of sulfonamides is 1. The number of fused-ring (bicyclic) bond motifs is 1. The van der Waals surface area contributed by atoms with E-state index in [1.807, 2.05) is 13.8 Å². The minimum Gasteiger partial charge on any atom is -0.469 e. The van der Waals surface area contributed by atoms with Crippen LogP contribution in [0.3, 0.4) is 0 Å². The van der Waals surface area contributed by atoms with E-state index in [4.69, 9.17) is 4.74 Å². The summed E-state index contributed by atoms with van der Waals surface area (Å²) in [7, 11) is -6.13. The smallest absolute Gasteiger partial charge is 0.313 e. The molecule has 0 amide bonds. The van der Waals surface area contributed by atoms with Crippen molar-refractivity contribution in [2.24, 2.45) is 16.7 Å². The van der Waals surface area contributed by atoms with Crippen LogP contribution in [0.15, 0.2) is 34.1 Å². The molecule has 2 atom stereocenters. The van der Waals surface area contributed by atoms with Gasteiger partial charge in [0.2, 0.25) is 10.0 Å². The number of rotatable bonds is 4. The first kappa shape index (κ1) is 19.3. The molecule has 0 radical (unpaired) electrons. The lowest BCUT2D eigenvalue weighted by atomic mass is 9.48. The van der Waals surface area contributed by atoms with Gasteiger partial charge >= 0.3 is 5.97 Å². The van der Waals surface area contributed by atoms with Crippen LogP contribution in [0.2, 0.25) is 0 Å². The lowest BCUT2D eigenvalue weighted by Crippen LogP contribution is -2.57. The Kier molecular flexibility index (Phi) is 4.29. The third-order valence-electron chi connectivity index (χ3n) is 5.69. The summed E-state index contributed by atoms with van der Waals surface area (Å²) in [5.74, 6) is -0.514. The fourth-order valence-corrected chi connectivity index (χ4v) is 6.84. The second kappa shape index (κ2) is 5.77. The van der Waals surface area contributed by atoms with Gasteiger partial charge in [-0.2, -0.15) is 4.31 Å². The van der Waals surface area contributed by atoms with Gasteiger partial charge in [-0.1, -0.05) is 19.9 Å². The maximum Gasteiger partial charge on any atom is 0.313 e. The second-order valence-electron chi connectivity index (χ2n) is 7.91. The lowest BCUT2D eigenvalue weighted by Gasteiger charge is -2.54. The lowest BCUT2D eigenvalue weighted by molar-refractivity contribution is -0.174. The number of carbonyl (C=O) groups is 1. The molecule has 3 rings (SSSR count). The number of hydrogen-bond donors (Lipinski definition) is 0. The van der Waals surface area contributed by atoms with Gasteiger partial charge in [0, 0.05) is 19.3 Å². The molecule has 0 bridgehead atoms. The van der Waals surface area contributed by atoms with Crippen LogP contribution in [-0.2, 0) is 29.4 Å². The number of nitrogens with zero attached hydrogens (tertiary/aromatic N) is 1. The molecule has 7 nitrogen and oxygen atoms in total. The molecule has 144 valence electrons. The highest BCUT2D eigenvalue weighted by atomic mass is 32.2. The summed E-state index contributed by atoms with van der Waals surface area (Å²) in [5, 5.41) is 0. The van der Waals surface area contributed by atoms with Crippen LogP contribution in [0, 0.1) is 16.7 Å². The number of hydrogen-bond acceptors (Lipinski definition) is 6. The van der Waals surface area contributed by atoms with Crippen LogP contribution in [0.1, 0.15) is 20.3 Å². The molecular formula is C17H23NO6S2. The SMILES string of the molecule is COC(=O)[C@@]12CN(S(=O)(=O)c3cccc(S(C)(=O)=O)c3)C[C@@H]1C(C)(C)C2. The monoisotopic (exact) mass is 401 g/mol. The Hall–Kier alpha value is -1.45. The minimum atomic E-state index is -3.92. The van der Waals surface area contributed by atoms with Gasteiger partial charge in [-0.05, 0) is 36.0 Å². The Labute approximate surface area is 154 Å². The Morgan fingerprint density at radius 3 is 2.35 bits per heavy atom. The largest absolute Gasteiger partial charge is 0.469 e. The molecule has 0 N–H and O–H groups in total. The summed E-state index contributed by atoms with van der Waals surface area (Å²) in [6.45, 7) is 4.30. The molecule has 0 aromatic heterocycles. The van der Waals surface area contributed by atoms with Crippen molar-refractivity contribution < 1.29 is 26.4 Å². The van der Waals surface area contributed by atoms with E-state index < -0.39 is 25.3 Å². The maximum atomic E-state index is 13.1. The van der Waals surface area contributed by atoms with Crippen molar-refractivity contribution in [3.05, 3.63) is 24.3 Å². The fraction of sp³-hybridized carbons (Fsp3) is 0.588. The van der Waals surface area contributed by atoms with Crippen LogP contribution in [0.25, 0.3) is 0 Å². The normalized spacial score (nSPS) is 28.2. The number of esters is 1. The number of benzene rings is 1. The predicted molar refractivity (Wildman–Crippen MR) is 94.6 cm³/mol. The van der Waals surface area contributed by atoms with E-state index in [1.165, 1.54) is 35.7 Å². The first-order chi connectivity index (χ1) is 11.8. The molecule has 1 heterocycles. The average Bonchev–Trinajstić information content (AvgIpc) is 2.90. The maximum absolute atomic E-state index is 13.1. The Morgan fingerprint density at radius 1 is 1.19 bits per heavy atom. The Morgan fingerprint density at radius 2 is 1.81 bits per heavy atom. The molecule has 1 aliphatic heterocycles. The molecule has 1 saturated carbocycles. The zero-order chi connectivity index (χ0) is 19.5. The molecule has 1 saturated heterocycles. The number of methoxy groups -OCH3 is 1. The van der Waals surface area contributed by atoms with Crippen LogP contribution in [0.5, 0.6) is 0 Å². The van der Waals surface area contributed by atoms with Crippen molar-refractivity contribution in [2.75, 3.05) is 26.5 Å². The Balaban J connectivity index is 1.99. The van der Waals surface area contributed by atoms with E-state index in [-0.39, 0.29) is 40.2 Å². The van der Waals surface area contributed by atoms with Gasteiger partial charge in [0.25, 0.3) is 0 Å². The van der Waals surface area contributed by atoms with Crippen molar-refractivity contribution in [3.8, 4) is 0 Å². The van der Waals surface area contributed by atoms with Crippen molar-refractivity contribution in [1.29, 1.82) is 0 Å². The third kappa shape index (κ3) is 2.76. The van der Waals surface area contributed by atoms with E-state index in [0.717, 1.165) is 6.26 Å². The van der Waals surface area contributed by atoms with Crippen LogP contribution < -0.4 is 0 Å². The van der Waals surface area contributed by atoms with Gasteiger partial charge in [0.1, 0.15) is 0 Å². The second-order valence-corrected chi connectivity index (χ2v) is 11.9. The number of sulfone groups is 1. The molecule has 2 aliphatic rings. The van der Waals surface area contributed by atoms with Crippen LogP contribution in [-0.4, -0.2) is 53.6 Å². The topological polar surface area (TPSA) is 97.8 Å². The summed E-state index contributed by atoms with van der Waals surface area (Å²) in [6, 6.07) is 5.32. The van der Waals surface area contributed by atoms with Crippen molar-refractivity contribution in [2.45, 2.75) is 30.1 Å². The number of carbonyl (C=O) groups excluding carboxylic acids is 1. The van der Waals surface area contributed by atoms with E-state index >= 15 is 0 Å². The highest BCUT2D eigenvalue weighted by Crippen LogP contribution is 2.63. The first-order valence-corrected chi connectivity index (χ1v) is 11.6. The molecular weight excluding hydrogens is 378 g/mol. The molecule has 1 aliphatic carbocycles. The molecule has 2 fully saturated rings. The number of ether oxygens (including phenoxy) is 1. The molecule has 0 spiro atoms. The zero-order valence-electron chi connectivity index (χ0n) is 15.2. The third-order valence-corrected chi connectivity index (χ3v) is 8.61. The van der Waals surface area contributed by atoms with Crippen LogP contribution in [0.4, 0.5) is 0 Å². The van der Waals surface area contributed by atoms with Gasteiger partial charge in [0.15, 0.2) is 9.84 Å². The van der Waals surface area contributed by atoms with E-state index in [9.17, 15) is 21.6 Å². The van der Waals surface area contributed by atoms with Crippen LogP contribution >= 0.6 is 0 Å².